The van der Waals surface area contributed by atoms with Crippen LogP contribution in [0, 0.1) is 10.1 Å². The number of hydrogen-bond donors (Lipinski definition) is 1. The number of amides is 2. The number of benzene rings is 1. The molecule has 2 amide bonds. The minimum Gasteiger partial charge on any atom is -0.334 e. The highest BCUT2D eigenvalue weighted by atomic mass is 16.6. The van der Waals surface area contributed by atoms with E-state index in [1.807, 2.05) is 13.8 Å². The first-order valence-electron chi connectivity index (χ1n) is 7.34. The molecule has 1 N–H and O–H groups in total. The summed E-state index contributed by atoms with van der Waals surface area (Å²) >= 11 is 0. The van der Waals surface area contributed by atoms with Gasteiger partial charge in [-0.25, -0.2) is 0 Å². The smallest absolute Gasteiger partial charge is 0.313 e. The molecule has 0 aliphatic carbocycles. The summed E-state index contributed by atoms with van der Waals surface area (Å²) in [6, 6.07) is 5.51. The fraction of sp³-hybridized carbons (Fsp3) is 0.467. The van der Waals surface area contributed by atoms with Gasteiger partial charge in [0.2, 0.25) is 0 Å². The van der Waals surface area contributed by atoms with Crippen molar-refractivity contribution in [2.75, 3.05) is 18.4 Å². The lowest BCUT2D eigenvalue weighted by Gasteiger charge is -2.21. The number of nitrogens with one attached hydrogen (secondary N) is 1. The van der Waals surface area contributed by atoms with Gasteiger partial charge in [-0.2, -0.15) is 0 Å². The molecule has 7 heteroatoms. The molecule has 0 radical (unpaired) electrons. The fourth-order valence-electron chi connectivity index (χ4n) is 1.96. The van der Waals surface area contributed by atoms with Gasteiger partial charge in [0, 0.05) is 30.9 Å². The van der Waals surface area contributed by atoms with Gasteiger partial charge in [-0.05, 0) is 18.9 Å². The first-order chi connectivity index (χ1) is 10.5. The molecular weight excluding hydrogens is 286 g/mol. The van der Waals surface area contributed by atoms with Crippen LogP contribution in [0.25, 0.3) is 0 Å². The van der Waals surface area contributed by atoms with E-state index in [9.17, 15) is 19.7 Å². The van der Waals surface area contributed by atoms with Gasteiger partial charge in [0.1, 0.15) is 0 Å². The quantitative estimate of drug-likeness (QED) is 0.476. The molecule has 0 aliphatic heterocycles. The monoisotopic (exact) mass is 307 g/mol. The van der Waals surface area contributed by atoms with Crippen molar-refractivity contribution in [3.05, 3.63) is 34.4 Å². The van der Waals surface area contributed by atoms with E-state index in [2.05, 4.69) is 5.32 Å². The lowest BCUT2D eigenvalue weighted by molar-refractivity contribution is -0.384. The van der Waals surface area contributed by atoms with E-state index in [-0.39, 0.29) is 11.4 Å². The molecule has 1 aromatic carbocycles. The molecule has 0 unspecified atom stereocenters. The van der Waals surface area contributed by atoms with Gasteiger partial charge in [-0.3, -0.25) is 19.7 Å². The maximum atomic E-state index is 12.1. The van der Waals surface area contributed by atoms with Gasteiger partial charge in [-0.15, -0.1) is 0 Å². The van der Waals surface area contributed by atoms with E-state index in [0.29, 0.717) is 13.1 Å². The molecule has 1 aromatic rings. The first-order valence-corrected chi connectivity index (χ1v) is 7.34. The van der Waals surface area contributed by atoms with Crippen molar-refractivity contribution in [3.63, 3.8) is 0 Å². The third kappa shape index (κ3) is 5.16. The Balaban J connectivity index is 2.75. The Labute approximate surface area is 129 Å². The summed E-state index contributed by atoms with van der Waals surface area (Å²) in [6.45, 7) is 5.00. The molecule has 0 spiro atoms. The maximum absolute atomic E-state index is 12.1. The predicted octanol–water partition coefficient (Wildman–Crippen LogP) is 2.57. The maximum Gasteiger partial charge on any atom is 0.313 e. The number of carbonyl (C=O) groups excluding carboxylic acids is 2. The molecule has 1 rings (SSSR count). The number of nitrogens with zero attached hydrogens (tertiary/aromatic N) is 2. The summed E-state index contributed by atoms with van der Waals surface area (Å²) in [5.74, 6) is -1.38. The molecule has 0 saturated carbocycles. The summed E-state index contributed by atoms with van der Waals surface area (Å²) in [7, 11) is 0. The number of nitro groups is 1. The highest BCUT2D eigenvalue weighted by Crippen LogP contribution is 2.17. The minimum atomic E-state index is -0.773. The SMILES string of the molecule is CCCCN(CCC)C(=O)C(=O)Nc1cccc([N+](=O)[O-])c1. The van der Waals surface area contributed by atoms with Crippen LogP contribution in [-0.4, -0.2) is 34.7 Å². The van der Waals surface area contributed by atoms with Crippen LogP contribution >= 0.6 is 0 Å². The van der Waals surface area contributed by atoms with Crippen LogP contribution in [-0.2, 0) is 9.59 Å². The van der Waals surface area contributed by atoms with Crippen LogP contribution < -0.4 is 5.32 Å². The summed E-state index contributed by atoms with van der Waals surface area (Å²) in [4.78, 5) is 35.8. The van der Waals surface area contributed by atoms with Crippen molar-refractivity contribution in [1.29, 1.82) is 0 Å². The van der Waals surface area contributed by atoms with Gasteiger partial charge in [0.05, 0.1) is 4.92 Å². The van der Waals surface area contributed by atoms with Gasteiger partial charge in [0.25, 0.3) is 5.69 Å². The molecule has 120 valence electrons. The van der Waals surface area contributed by atoms with Crippen LogP contribution in [0.15, 0.2) is 24.3 Å². The number of hydrogen-bond acceptors (Lipinski definition) is 4. The molecule has 0 aromatic heterocycles. The van der Waals surface area contributed by atoms with Crippen molar-refractivity contribution in [2.24, 2.45) is 0 Å². The molecule has 22 heavy (non-hydrogen) atoms. The predicted molar refractivity (Wildman–Crippen MR) is 83.5 cm³/mol. The van der Waals surface area contributed by atoms with E-state index < -0.39 is 16.7 Å². The van der Waals surface area contributed by atoms with Crippen molar-refractivity contribution in [3.8, 4) is 0 Å². The summed E-state index contributed by atoms with van der Waals surface area (Å²) in [5.41, 5.74) is 0.0983. The fourth-order valence-corrected chi connectivity index (χ4v) is 1.96. The Morgan fingerprint density at radius 3 is 2.55 bits per heavy atom. The zero-order valence-corrected chi connectivity index (χ0v) is 12.9. The molecule has 0 atom stereocenters. The average molecular weight is 307 g/mol. The Kier molecular flexibility index (Phi) is 7.01. The molecule has 0 bridgehead atoms. The molecule has 0 saturated heterocycles. The van der Waals surface area contributed by atoms with Crippen molar-refractivity contribution < 1.29 is 14.5 Å². The third-order valence-corrected chi connectivity index (χ3v) is 3.07. The highest BCUT2D eigenvalue weighted by Gasteiger charge is 2.21. The summed E-state index contributed by atoms with van der Waals surface area (Å²) < 4.78 is 0. The van der Waals surface area contributed by atoms with E-state index in [1.54, 1.807) is 0 Å². The second-order valence-electron chi connectivity index (χ2n) is 4.91. The van der Waals surface area contributed by atoms with Crippen molar-refractivity contribution in [1.82, 2.24) is 4.90 Å². The average Bonchev–Trinajstić information content (AvgIpc) is 2.50. The van der Waals surface area contributed by atoms with Crippen LogP contribution in [0.4, 0.5) is 11.4 Å². The lowest BCUT2D eigenvalue weighted by Crippen LogP contribution is -2.40. The third-order valence-electron chi connectivity index (χ3n) is 3.07. The number of unbranched alkanes of at least 4 members (excludes halogenated alkanes) is 1. The first kappa shape index (κ1) is 17.6. The van der Waals surface area contributed by atoms with Gasteiger partial charge in [-0.1, -0.05) is 26.3 Å². The van der Waals surface area contributed by atoms with Gasteiger partial charge >= 0.3 is 11.8 Å². The Morgan fingerprint density at radius 2 is 1.95 bits per heavy atom. The molecule has 0 aliphatic rings. The standard InChI is InChI=1S/C15H21N3O4/c1-3-5-10-17(9-4-2)15(20)14(19)16-12-7-6-8-13(11-12)18(21)22/h6-8,11H,3-5,9-10H2,1-2H3,(H,16,19). The number of carbonyl (C=O) groups is 2. The zero-order chi connectivity index (χ0) is 16.5. The minimum absolute atomic E-state index is 0.137. The van der Waals surface area contributed by atoms with E-state index in [0.717, 1.165) is 19.3 Å². The number of anilines is 1. The molecular formula is C15H21N3O4. The van der Waals surface area contributed by atoms with Crippen molar-refractivity contribution >= 4 is 23.2 Å². The molecule has 7 nitrogen and oxygen atoms in total. The zero-order valence-electron chi connectivity index (χ0n) is 12.9. The van der Waals surface area contributed by atoms with Crippen LogP contribution in [0.5, 0.6) is 0 Å². The Morgan fingerprint density at radius 1 is 1.23 bits per heavy atom. The largest absolute Gasteiger partial charge is 0.334 e. The second-order valence-corrected chi connectivity index (χ2v) is 4.91. The normalized spacial score (nSPS) is 10.1. The second kappa shape index (κ2) is 8.76. The van der Waals surface area contributed by atoms with E-state index >= 15 is 0 Å². The molecule has 0 fully saturated rings. The lowest BCUT2D eigenvalue weighted by atomic mass is 10.2. The van der Waals surface area contributed by atoms with Crippen molar-refractivity contribution in [2.45, 2.75) is 33.1 Å². The van der Waals surface area contributed by atoms with E-state index in [4.69, 9.17) is 0 Å². The van der Waals surface area contributed by atoms with Crippen LogP contribution in [0.2, 0.25) is 0 Å². The van der Waals surface area contributed by atoms with Gasteiger partial charge < -0.3 is 10.2 Å². The number of rotatable bonds is 7. The van der Waals surface area contributed by atoms with Gasteiger partial charge in [0.15, 0.2) is 0 Å². The Hall–Kier alpha value is -2.44. The Bertz CT molecular complexity index is 545. The highest BCUT2D eigenvalue weighted by molar-refractivity contribution is 6.39. The van der Waals surface area contributed by atoms with Crippen LogP contribution in [0.1, 0.15) is 33.1 Å². The molecule has 0 heterocycles. The van der Waals surface area contributed by atoms with E-state index in [1.165, 1.54) is 29.2 Å². The topological polar surface area (TPSA) is 92.6 Å². The van der Waals surface area contributed by atoms with Crippen LogP contribution in [0.3, 0.4) is 0 Å². The summed E-state index contributed by atoms with van der Waals surface area (Å²) in [6.07, 6.45) is 2.52. The summed E-state index contributed by atoms with van der Waals surface area (Å²) in [5, 5.41) is 13.1. The number of non-ortho nitro benzene ring substituents is 1. The number of nitro benzene ring substituents is 1.